The number of allylic oxidation sites excluding steroid dienone is 8. The Kier molecular flexibility index (Phi) is 67.6. The lowest BCUT2D eigenvalue weighted by Gasteiger charge is -2.18. The van der Waals surface area contributed by atoms with Gasteiger partial charge in [-0.1, -0.05) is 320 Å². The molecule has 0 radical (unpaired) electrons. The largest absolute Gasteiger partial charge is 0.462 e. The minimum Gasteiger partial charge on any atom is -0.462 e. The summed E-state index contributed by atoms with van der Waals surface area (Å²) in [5, 5.41) is 0. The van der Waals surface area contributed by atoms with Crippen LogP contribution < -0.4 is 0 Å². The molecule has 0 aliphatic heterocycles. The Labute approximate surface area is 505 Å². The number of ether oxygens (including phenoxy) is 3. The highest BCUT2D eigenvalue weighted by atomic mass is 16.6. The minimum absolute atomic E-state index is 0.0776. The molecule has 0 saturated heterocycles. The van der Waals surface area contributed by atoms with Gasteiger partial charge in [0, 0.05) is 19.3 Å². The summed E-state index contributed by atoms with van der Waals surface area (Å²) in [6.45, 7) is 6.63. The molecule has 1 unspecified atom stereocenters. The molecule has 0 spiro atoms. The van der Waals surface area contributed by atoms with Crippen LogP contribution in [0.25, 0.3) is 0 Å². The molecule has 6 nitrogen and oxygen atoms in total. The van der Waals surface area contributed by atoms with E-state index in [0.29, 0.717) is 19.3 Å². The van der Waals surface area contributed by atoms with E-state index in [1.807, 2.05) is 0 Å². The molecule has 0 aliphatic carbocycles. The summed E-state index contributed by atoms with van der Waals surface area (Å²) in [5.74, 6) is -0.879. The quantitative estimate of drug-likeness (QED) is 0.0261. The molecule has 1 atom stereocenters. The number of carbonyl (C=O) groups is 3. The fourth-order valence-corrected chi connectivity index (χ4v) is 10.8. The lowest BCUT2D eigenvalue weighted by molar-refractivity contribution is -0.167. The number of unbranched alkanes of at least 4 members (excludes halogenated alkanes) is 48. The first kappa shape index (κ1) is 78.4. The van der Waals surface area contributed by atoms with Gasteiger partial charge in [0.25, 0.3) is 0 Å². The SMILES string of the molecule is CCCCC/C=C\C/C=C\CCCCCCCC(=O)OC(COC(=O)CCCCCCC/C=C\CCCCCC)COC(=O)CCCCCCCCCCCCCCCCCCCCCCCCC/C=C\CCCCCCCCCC. The van der Waals surface area contributed by atoms with Gasteiger partial charge >= 0.3 is 17.9 Å². The lowest BCUT2D eigenvalue weighted by Crippen LogP contribution is -2.30. The monoisotopic (exact) mass is 1140 g/mol. The number of esters is 3. The van der Waals surface area contributed by atoms with Crippen LogP contribution >= 0.6 is 0 Å². The predicted molar refractivity (Wildman–Crippen MR) is 353 cm³/mol. The summed E-state index contributed by atoms with van der Waals surface area (Å²) in [4.78, 5) is 38.3. The third-order valence-electron chi connectivity index (χ3n) is 16.3. The fraction of sp³-hybridized carbons (Fsp3) is 0.853. The Bertz CT molecular complexity index is 1400. The van der Waals surface area contributed by atoms with Crippen molar-refractivity contribution in [2.45, 2.75) is 399 Å². The van der Waals surface area contributed by atoms with Crippen LogP contribution in [0.3, 0.4) is 0 Å². The average Bonchev–Trinajstić information content (AvgIpc) is 3.46. The van der Waals surface area contributed by atoms with Crippen molar-refractivity contribution in [1.29, 1.82) is 0 Å². The molecule has 0 amide bonds. The molecular formula is C75H138O6. The van der Waals surface area contributed by atoms with E-state index in [4.69, 9.17) is 14.2 Å². The molecule has 0 aliphatic rings. The van der Waals surface area contributed by atoms with Crippen LogP contribution in [0.5, 0.6) is 0 Å². The van der Waals surface area contributed by atoms with E-state index < -0.39 is 6.10 Å². The summed E-state index contributed by atoms with van der Waals surface area (Å²) in [5.41, 5.74) is 0. The van der Waals surface area contributed by atoms with Crippen molar-refractivity contribution in [1.82, 2.24) is 0 Å². The van der Waals surface area contributed by atoms with Gasteiger partial charge in [-0.15, -0.1) is 0 Å². The number of rotatable bonds is 67. The van der Waals surface area contributed by atoms with Crippen LogP contribution in [0, 0.1) is 0 Å². The first-order chi connectivity index (χ1) is 40.0. The van der Waals surface area contributed by atoms with Crippen molar-refractivity contribution in [3.05, 3.63) is 48.6 Å². The third-order valence-corrected chi connectivity index (χ3v) is 16.3. The summed E-state index contributed by atoms with van der Waals surface area (Å²) in [7, 11) is 0. The zero-order valence-corrected chi connectivity index (χ0v) is 54.6. The molecule has 0 rings (SSSR count). The van der Waals surface area contributed by atoms with Crippen LogP contribution in [-0.2, 0) is 28.6 Å². The molecule has 0 aromatic carbocycles. The standard InChI is InChI=1S/C75H138O6/c1-4-7-10-13-16-19-22-25-27-28-29-30-31-32-33-34-35-36-37-38-39-40-41-42-43-44-45-46-48-50-53-56-59-62-65-68-74(77)80-71-72(70-79-73(76)67-64-61-58-55-52-49-24-21-18-15-12-9-6-3)81-75(78)69-66-63-60-57-54-51-47-26-23-20-17-14-11-8-5-2/h17,20-21,24,26,28-29,47,72H,4-16,18-19,22-23,25,27,30-46,48-71H2,1-3H3/b20-17-,24-21-,29-28-,47-26-. The van der Waals surface area contributed by atoms with Gasteiger partial charge in [0.2, 0.25) is 0 Å². The topological polar surface area (TPSA) is 78.9 Å². The van der Waals surface area contributed by atoms with E-state index in [-0.39, 0.29) is 31.1 Å². The maximum atomic E-state index is 12.9. The Balaban J connectivity index is 4.06. The Hall–Kier alpha value is -2.63. The molecule has 0 saturated carbocycles. The van der Waals surface area contributed by atoms with Gasteiger partial charge in [-0.3, -0.25) is 14.4 Å². The molecule has 6 heteroatoms. The molecular weight excluding hydrogens is 997 g/mol. The van der Waals surface area contributed by atoms with Crippen molar-refractivity contribution < 1.29 is 28.6 Å². The average molecular weight is 1140 g/mol. The number of hydrogen-bond acceptors (Lipinski definition) is 6. The van der Waals surface area contributed by atoms with Gasteiger partial charge in [-0.05, 0) is 103 Å². The smallest absolute Gasteiger partial charge is 0.306 e. The van der Waals surface area contributed by atoms with Crippen LogP contribution in [0.4, 0.5) is 0 Å². The summed E-state index contributed by atoms with van der Waals surface area (Å²) < 4.78 is 16.9. The Morgan fingerprint density at radius 1 is 0.247 bits per heavy atom. The van der Waals surface area contributed by atoms with Crippen LogP contribution in [0.15, 0.2) is 48.6 Å². The van der Waals surface area contributed by atoms with Crippen LogP contribution in [0.1, 0.15) is 393 Å². The summed E-state index contributed by atoms with van der Waals surface area (Å²) in [6, 6.07) is 0. The number of hydrogen-bond donors (Lipinski definition) is 0. The molecule has 0 aromatic rings. The molecule has 0 aromatic heterocycles. The zero-order valence-electron chi connectivity index (χ0n) is 54.6. The summed E-state index contributed by atoms with van der Waals surface area (Å²) in [6.07, 6.45) is 88.8. The van der Waals surface area contributed by atoms with Crippen molar-refractivity contribution in [3.8, 4) is 0 Å². The second-order valence-corrected chi connectivity index (χ2v) is 24.5. The van der Waals surface area contributed by atoms with Gasteiger partial charge in [0.1, 0.15) is 13.2 Å². The van der Waals surface area contributed by atoms with Crippen molar-refractivity contribution in [2.24, 2.45) is 0 Å². The first-order valence-electron chi connectivity index (χ1n) is 36.1. The highest BCUT2D eigenvalue weighted by molar-refractivity contribution is 5.71. The minimum atomic E-state index is -0.783. The van der Waals surface area contributed by atoms with Crippen LogP contribution in [0.2, 0.25) is 0 Å². The van der Waals surface area contributed by atoms with Gasteiger partial charge in [-0.2, -0.15) is 0 Å². The Morgan fingerprint density at radius 3 is 0.728 bits per heavy atom. The first-order valence-corrected chi connectivity index (χ1v) is 36.1. The van der Waals surface area contributed by atoms with E-state index in [9.17, 15) is 14.4 Å². The zero-order chi connectivity index (χ0) is 58.5. The van der Waals surface area contributed by atoms with Crippen molar-refractivity contribution in [3.63, 3.8) is 0 Å². The van der Waals surface area contributed by atoms with E-state index >= 15 is 0 Å². The van der Waals surface area contributed by atoms with E-state index in [0.717, 1.165) is 89.9 Å². The molecule has 0 N–H and O–H groups in total. The van der Waals surface area contributed by atoms with Gasteiger partial charge < -0.3 is 14.2 Å². The van der Waals surface area contributed by atoms with Crippen molar-refractivity contribution in [2.75, 3.05) is 13.2 Å². The molecule has 474 valence electrons. The lowest BCUT2D eigenvalue weighted by atomic mass is 10.0. The van der Waals surface area contributed by atoms with Gasteiger partial charge in [0.05, 0.1) is 0 Å². The highest BCUT2D eigenvalue weighted by Crippen LogP contribution is 2.18. The van der Waals surface area contributed by atoms with Crippen molar-refractivity contribution >= 4 is 17.9 Å². The number of carbonyl (C=O) groups excluding carboxylic acids is 3. The fourth-order valence-electron chi connectivity index (χ4n) is 10.8. The highest BCUT2D eigenvalue weighted by Gasteiger charge is 2.19. The van der Waals surface area contributed by atoms with Gasteiger partial charge in [0.15, 0.2) is 6.10 Å². The predicted octanol–water partition coefficient (Wildman–Crippen LogP) is 24.9. The second kappa shape index (κ2) is 69.9. The summed E-state index contributed by atoms with van der Waals surface area (Å²) >= 11 is 0. The molecule has 0 heterocycles. The maximum absolute atomic E-state index is 12.9. The van der Waals surface area contributed by atoms with E-state index in [1.54, 1.807) is 0 Å². The molecule has 0 fully saturated rings. The van der Waals surface area contributed by atoms with Crippen LogP contribution in [-0.4, -0.2) is 37.2 Å². The second-order valence-electron chi connectivity index (χ2n) is 24.5. The molecule has 81 heavy (non-hydrogen) atoms. The van der Waals surface area contributed by atoms with Gasteiger partial charge in [-0.25, -0.2) is 0 Å². The third kappa shape index (κ3) is 68.0. The van der Waals surface area contributed by atoms with E-state index in [2.05, 4.69) is 69.4 Å². The normalized spacial score (nSPS) is 12.3. The molecule has 0 bridgehead atoms. The maximum Gasteiger partial charge on any atom is 0.306 e. The van der Waals surface area contributed by atoms with E-state index in [1.165, 1.54) is 263 Å². The Morgan fingerprint density at radius 2 is 0.444 bits per heavy atom.